The van der Waals surface area contributed by atoms with Gasteiger partial charge < -0.3 is 9.73 Å². The summed E-state index contributed by atoms with van der Waals surface area (Å²) in [5.41, 5.74) is 2.16. The number of hydrogen-bond acceptors (Lipinski definition) is 5. The van der Waals surface area contributed by atoms with Gasteiger partial charge in [0.2, 0.25) is 11.8 Å². The minimum Gasteiger partial charge on any atom is -0.441 e. The number of nitrogens with one attached hydrogen (secondary N) is 1. The molecule has 0 saturated heterocycles. The number of carbonyl (C=O) groups excluding carboxylic acids is 1. The molecule has 1 heterocycles. The number of amides is 1. The normalized spacial score (nSPS) is 11.7. The monoisotopic (exact) mass is 378 g/mol. The topological polar surface area (TPSA) is 89.3 Å². The van der Waals surface area contributed by atoms with Crippen molar-refractivity contribution in [2.24, 2.45) is 5.92 Å². The Morgan fingerprint density at radius 3 is 2.58 bits per heavy atom. The Labute approximate surface area is 154 Å². The van der Waals surface area contributed by atoms with Crippen molar-refractivity contribution in [3.63, 3.8) is 0 Å². The average Bonchev–Trinajstić information content (AvgIpc) is 2.86. The van der Waals surface area contributed by atoms with Crippen LogP contribution in [-0.2, 0) is 20.4 Å². The second kappa shape index (κ2) is 8.49. The van der Waals surface area contributed by atoms with E-state index in [-0.39, 0.29) is 5.75 Å². The number of carbonyl (C=O) groups is 1. The highest BCUT2D eigenvalue weighted by molar-refractivity contribution is 7.91. The number of aromatic nitrogens is 1. The fourth-order valence-corrected chi connectivity index (χ4v) is 3.79. The van der Waals surface area contributed by atoms with Crippen LogP contribution >= 0.6 is 0 Å². The highest BCUT2D eigenvalue weighted by atomic mass is 32.2. The van der Waals surface area contributed by atoms with Gasteiger partial charge in [0.25, 0.3) is 0 Å². The van der Waals surface area contributed by atoms with Gasteiger partial charge in [0.15, 0.2) is 9.84 Å². The molecule has 0 unspecified atom stereocenters. The number of benzene rings is 1. The van der Waals surface area contributed by atoms with E-state index in [0.717, 1.165) is 17.5 Å². The van der Waals surface area contributed by atoms with Crippen LogP contribution in [0.2, 0.25) is 0 Å². The first-order valence-electron chi connectivity index (χ1n) is 8.67. The zero-order valence-electron chi connectivity index (χ0n) is 15.7. The predicted molar refractivity (Wildman–Crippen MR) is 101 cm³/mol. The molecule has 1 amide bonds. The lowest BCUT2D eigenvalue weighted by molar-refractivity contribution is -0.118. The molecule has 0 bridgehead atoms. The summed E-state index contributed by atoms with van der Waals surface area (Å²) in [5.74, 6) is -0.0437. The first-order valence-corrected chi connectivity index (χ1v) is 10.5. The van der Waals surface area contributed by atoms with Crippen molar-refractivity contribution in [1.29, 1.82) is 0 Å². The SMILES string of the molecule is Cc1ccccc1-c1nc(CS(=O)(=O)CC(=O)NCCC(C)C)c(C)o1. The van der Waals surface area contributed by atoms with Gasteiger partial charge in [-0.3, -0.25) is 4.79 Å². The Hall–Kier alpha value is -2.15. The summed E-state index contributed by atoms with van der Waals surface area (Å²) in [6, 6.07) is 7.60. The third-order valence-electron chi connectivity index (χ3n) is 4.02. The molecule has 0 aliphatic carbocycles. The molecule has 142 valence electrons. The Morgan fingerprint density at radius 1 is 1.23 bits per heavy atom. The lowest BCUT2D eigenvalue weighted by atomic mass is 10.1. The van der Waals surface area contributed by atoms with E-state index < -0.39 is 21.5 Å². The zero-order valence-corrected chi connectivity index (χ0v) is 16.5. The maximum Gasteiger partial charge on any atom is 0.235 e. The Kier molecular flexibility index (Phi) is 6.58. The van der Waals surface area contributed by atoms with Crippen molar-refractivity contribution in [3.8, 4) is 11.5 Å². The summed E-state index contributed by atoms with van der Waals surface area (Å²) < 4.78 is 30.3. The molecule has 2 rings (SSSR count). The van der Waals surface area contributed by atoms with Gasteiger partial charge in [-0.1, -0.05) is 32.0 Å². The third kappa shape index (κ3) is 5.69. The van der Waals surface area contributed by atoms with Gasteiger partial charge in [-0.25, -0.2) is 13.4 Å². The largest absolute Gasteiger partial charge is 0.441 e. The molecule has 7 heteroatoms. The molecule has 1 aromatic carbocycles. The molecule has 26 heavy (non-hydrogen) atoms. The summed E-state index contributed by atoms with van der Waals surface area (Å²) in [6.45, 7) is 8.19. The number of oxazole rings is 1. The minimum atomic E-state index is -3.62. The van der Waals surface area contributed by atoms with E-state index in [9.17, 15) is 13.2 Å². The van der Waals surface area contributed by atoms with Crippen LogP contribution in [0, 0.1) is 19.8 Å². The van der Waals surface area contributed by atoms with Crippen molar-refractivity contribution in [3.05, 3.63) is 41.3 Å². The molecular formula is C19H26N2O4S. The first-order chi connectivity index (χ1) is 12.2. The molecule has 0 aliphatic heterocycles. The van der Waals surface area contributed by atoms with Crippen molar-refractivity contribution >= 4 is 15.7 Å². The van der Waals surface area contributed by atoms with Crippen LogP contribution in [0.25, 0.3) is 11.5 Å². The second-order valence-electron chi connectivity index (χ2n) is 6.90. The fraction of sp³-hybridized carbons (Fsp3) is 0.474. The van der Waals surface area contributed by atoms with Gasteiger partial charge in [0.1, 0.15) is 11.5 Å². The lowest BCUT2D eigenvalue weighted by Crippen LogP contribution is -2.32. The molecule has 0 atom stereocenters. The number of rotatable bonds is 8. The molecule has 1 N–H and O–H groups in total. The second-order valence-corrected chi connectivity index (χ2v) is 8.97. The zero-order chi connectivity index (χ0) is 19.3. The van der Waals surface area contributed by atoms with Gasteiger partial charge in [0.05, 0.1) is 11.4 Å². The predicted octanol–water partition coefficient (Wildman–Crippen LogP) is 3.04. The first kappa shape index (κ1) is 20.2. The number of sulfone groups is 1. The molecular weight excluding hydrogens is 352 g/mol. The van der Waals surface area contributed by atoms with Crippen LogP contribution in [0.1, 0.15) is 37.3 Å². The standard InChI is InChI=1S/C19H26N2O4S/c1-13(2)9-10-20-18(22)12-26(23,24)11-17-15(4)25-19(21-17)16-8-6-5-7-14(16)3/h5-8,13H,9-12H2,1-4H3,(H,20,22). The maximum atomic E-state index is 12.3. The van der Waals surface area contributed by atoms with Crippen LogP contribution in [0.15, 0.2) is 28.7 Å². The average molecular weight is 378 g/mol. The van der Waals surface area contributed by atoms with Crippen LogP contribution in [0.4, 0.5) is 0 Å². The molecule has 0 radical (unpaired) electrons. The summed E-state index contributed by atoms with van der Waals surface area (Å²) in [5, 5.41) is 2.65. The highest BCUT2D eigenvalue weighted by Crippen LogP contribution is 2.25. The fourth-order valence-electron chi connectivity index (χ4n) is 2.50. The van der Waals surface area contributed by atoms with Crippen LogP contribution in [0.5, 0.6) is 0 Å². The van der Waals surface area contributed by atoms with E-state index in [0.29, 0.717) is 29.8 Å². The van der Waals surface area contributed by atoms with E-state index in [2.05, 4.69) is 10.3 Å². The van der Waals surface area contributed by atoms with E-state index in [1.807, 2.05) is 45.0 Å². The Morgan fingerprint density at radius 2 is 1.92 bits per heavy atom. The van der Waals surface area contributed by atoms with E-state index >= 15 is 0 Å². The Bertz CT molecular complexity index is 869. The van der Waals surface area contributed by atoms with Crippen LogP contribution in [0.3, 0.4) is 0 Å². The van der Waals surface area contributed by atoms with Crippen molar-refractivity contribution in [2.45, 2.75) is 39.9 Å². The molecule has 0 fully saturated rings. The molecule has 0 saturated carbocycles. The number of aryl methyl sites for hydroxylation is 2. The highest BCUT2D eigenvalue weighted by Gasteiger charge is 2.22. The summed E-state index contributed by atoms with van der Waals surface area (Å²) in [4.78, 5) is 16.2. The van der Waals surface area contributed by atoms with E-state index in [1.54, 1.807) is 6.92 Å². The molecule has 6 nitrogen and oxygen atoms in total. The van der Waals surface area contributed by atoms with E-state index in [1.165, 1.54) is 0 Å². The van der Waals surface area contributed by atoms with Crippen LogP contribution in [-0.4, -0.2) is 31.6 Å². The van der Waals surface area contributed by atoms with Crippen LogP contribution < -0.4 is 5.32 Å². The van der Waals surface area contributed by atoms with Crippen molar-refractivity contribution < 1.29 is 17.6 Å². The molecule has 2 aromatic rings. The molecule has 0 spiro atoms. The van der Waals surface area contributed by atoms with Gasteiger partial charge in [-0.15, -0.1) is 0 Å². The smallest absolute Gasteiger partial charge is 0.235 e. The van der Waals surface area contributed by atoms with Gasteiger partial charge in [-0.2, -0.15) is 0 Å². The summed E-state index contributed by atoms with van der Waals surface area (Å²) in [7, 11) is -3.62. The van der Waals surface area contributed by atoms with Gasteiger partial charge >= 0.3 is 0 Å². The lowest BCUT2D eigenvalue weighted by Gasteiger charge is -2.07. The van der Waals surface area contributed by atoms with E-state index in [4.69, 9.17) is 4.42 Å². The Balaban J connectivity index is 2.06. The number of nitrogens with zero attached hydrogens (tertiary/aromatic N) is 1. The molecule has 1 aromatic heterocycles. The minimum absolute atomic E-state index is 0.314. The third-order valence-corrected chi connectivity index (χ3v) is 5.43. The van der Waals surface area contributed by atoms with Gasteiger partial charge in [0, 0.05) is 12.1 Å². The van der Waals surface area contributed by atoms with Gasteiger partial charge in [-0.05, 0) is 37.8 Å². The quantitative estimate of drug-likeness (QED) is 0.763. The maximum absolute atomic E-state index is 12.3. The van der Waals surface area contributed by atoms with Crippen molar-refractivity contribution in [2.75, 3.05) is 12.3 Å². The summed E-state index contributed by atoms with van der Waals surface area (Å²) in [6.07, 6.45) is 0.813. The van der Waals surface area contributed by atoms with Crippen molar-refractivity contribution in [1.82, 2.24) is 10.3 Å². The number of hydrogen-bond donors (Lipinski definition) is 1. The summed E-state index contributed by atoms with van der Waals surface area (Å²) >= 11 is 0. The molecule has 0 aliphatic rings.